The Morgan fingerprint density at radius 1 is 0.708 bits per heavy atom. The Balaban J connectivity index is 0.000000224. The third-order valence-corrected chi connectivity index (χ3v) is 10.7. The molecule has 2 atom stereocenters. The number of carbonyl (C=O) groups excluding carboxylic acids is 1. The van der Waals surface area contributed by atoms with Gasteiger partial charge in [0.1, 0.15) is 12.7 Å². The maximum Gasteiger partial charge on any atom is 0.394 e. The molecule has 0 unspecified atom stereocenters. The number of nitrogens with zero attached hydrogens (tertiary/aromatic N) is 14. The maximum atomic E-state index is 15.3. The monoisotopic (exact) mass is 1050 g/mol. The number of carboxylic acid groups (broad SMARTS) is 1. The topological polar surface area (TPSA) is 295 Å². The summed E-state index contributed by atoms with van der Waals surface area (Å²) in [5.74, 6) is -2.03. The highest BCUT2D eigenvalue weighted by molar-refractivity contribution is 6.32. The maximum absolute atomic E-state index is 15.3. The fourth-order valence-electron chi connectivity index (χ4n) is 6.14. The average Bonchev–Trinajstić information content (AvgIpc) is 4.15. The quantitative estimate of drug-likeness (QED) is 0.0829. The van der Waals surface area contributed by atoms with Gasteiger partial charge in [0, 0.05) is 49.8 Å². The van der Waals surface area contributed by atoms with Crippen molar-refractivity contribution in [3.05, 3.63) is 118 Å². The lowest BCUT2D eigenvalue weighted by atomic mass is 9.94. The van der Waals surface area contributed by atoms with Gasteiger partial charge >= 0.3 is 11.9 Å². The Kier molecular flexibility index (Phi) is 17.9. The first-order chi connectivity index (χ1) is 33.4. The van der Waals surface area contributed by atoms with E-state index < -0.39 is 23.5 Å². The Hall–Kier alpha value is -7.41. The summed E-state index contributed by atoms with van der Waals surface area (Å²) in [6.45, 7) is 14.9. The van der Waals surface area contributed by atoms with Gasteiger partial charge < -0.3 is 30.5 Å². The first-order valence-electron chi connectivity index (χ1n) is 21.5. The molecular weight excluding hydrogens is 1000 g/mol. The standard InChI is InChI=1S/C23H24ClFN8O2.C15H15ClFN7.C7H10N2O3.ClH/c1-12(8-16(34)20-31-21(32-35-20)23(2,3)4)14-6-7-15(18(25)17(14)24)19-26-11-27-22(30-19)29-13-9-28-33(5)10-13;1-8(18)10-3-4-11(13(17)12(10)16)14-19-7-20-15(23-14)22-9-5-21-24(2)6-9;1-7(2,3)6-8-4(5(10)11)12-9-6;/h6-7,9-12H,8H2,1-5H3,(H,26,27,29,30);3-8H,18H2,1-2H3,(H,19,20,22,23);1-3H3,(H,10,11);1H/t12-;8-;;/m01../s1. The van der Waals surface area contributed by atoms with Crippen LogP contribution in [0.5, 0.6) is 0 Å². The fourth-order valence-corrected chi connectivity index (χ4v) is 6.83. The summed E-state index contributed by atoms with van der Waals surface area (Å²) >= 11 is 12.4. The Morgan fingerprint density at radius 3 is 1.53 bits per heavy atom. The number of anilines is 4. The van der Waals surface area contributed by atoms with Gasteiger partial charge in [0.25, 0.3) is 5.89 Å². The van der Waals surface area contributed by atoms with E-state index >= 15 is 4.39 Å². The summed E-state index contributed by atoms with van der Waals surface area (Å²) in [5.41, 5.74) is 7.82. The minimum absolute atomic E-state index is 0. The molecule has 0 saturated heterocycles. The van der Waals surface area contributed by atoms with Crippen LogP contribution in [-0.2, 0) is 24.9 Å². The molecule has 0 spiro atoms. The number of hydrogen-bond acceptors (Lipinski definition) is 19. The number of hydrogen-bond donors (Lipinski definition) is 4. The van der Waals surface area contributed by atoms with Crippen molar-refractivity contribution in [3.63, 3.8) is 0 Å². The van der Waals surface area contributed by atoms with Crippen molar-refractivity contribution in [1.29, 1.82) is 0 Å². The molecule has 5 N–H and O–H groups in total. The van der Waals surface area contributed by atoms with Crippen LogP contribution in [0.25, 0.3) is 22.8 Å². The highest BCUT2D eigenvalue weighted by Crippen LogP contribution is 2.35. The van der Waals surface area contributed by atoms with E-state index in [1.165, 1.54) is 18.7 Å². The number of Topliss-reactive ketones (excluding diaryl/α,β-unsaturated/α-hetero) is 1. The fraction of sp³-hybridized carbons (Fsp3) is 0.333. The van der Waals surface area contributed by atoms with Crippen LogP contribution in [0.4, 0.5) is 32.1 Å². The van der Waals surface area contributed by atoms with Crippen molar-refractivity contribution in [2.45, 2.75) is 84.6 Å². The number of aromatic nitrogens is 14. The van der Waals surface area contributed by atoms with Crippen LogP contribution in [0.2, 0.25) is 10.0 Å². The zero-order chi connectivity index (χ0) is 51.9. The SMILES string of the molecule is CC(C)(C)c1noc(C(=O)O)n1.C[C@@H](CC(=O)c1nc(C(C)(C)C)no1)c1ccc(-c2ncnc(Nc3cnn(C)c3)n2)c(F)c1Cl.C[C@@H](N)c1ccc(-c2ncnc(Nc3cnn(C)c3)n2)c(F)c1Cl.Cl. The number of aryl methyl sites for hydroxylation is 2. The van der Waals surface area contributed by atoms with E-state index in [0.29, 0.717) is 34.2 Å². The first-order valence-corrected chi connectivity index (χ1v) is 22.2. The first kappa shape index (κ1) is 55.5. The summed E-state index contributed by atoms with van der Waals surface area (Å²) in [6, 6.07) is 6.05. The third-order valence-electron chi connectivity index (χ3n) is 9.90. The average molecular weight is 1050 g/mol. The van der Waals surface area contributed by atoms with Crippen LogP contribution in [0.1, 0.15) is 118 Å². The van der Waals surface area contributed by atoms with E-state index in [0.717, 1.165) is 0 Å². The summed E-state index contributed by atoms with van der Waals surface area (Å²) in [7, 11) is 3.57. The lowest BCUT2D eigenvalue weighted by molar-refractivity contribution is 0.0643. The van der Waals surface area contributed by atoms with Crippen molar-refractivity contribution in [2.24, 2.45) is 19.8 Å². The van der Waals surface area contributed by atoms with Crippen molar-refractivity contribution >= 4 is 70.6 Å². The van der Waals surface area contributed by atoms with Crippen molar-refractivity contribution in [2.75, 3.05) is 10.6 Å². The molecule has 6 heterocycles. The Bertz CT molecular complexity index is 3170. The van der Waals surface area contributed by atoms with Gasteiger partial charge in [-0.15, -0.1) is 12.4 Å². The van der Waals surface area contributed by atoms with Crippen LogP contribution in [0, 0.1) is 11.6 Å². The van der Waals surface area contributed by atoms with E-state index in [1.807, 2.05) is 41.5 Å². The second-order valence-corrected chi connectivity index (χ2v) is 18.7. The summed E-state index contributed by atoms with van der Waals surface area (Å²) in [5, 5.41) is 29.8. The highest BCUT2D eigenvalue weighted by atomic mass is 35.5. The van der Waals surface area contributed by atoms with Crippen molar-refractivity contribution in [1.82, 2.24) is 69.7 Å². The predicted octanol–water partition coefficient (Wildman–Crippen LogP) is 9.18. The van der Waals surface area contributed by atoms with E-state index in [9.17, 15) is 14.0 Å². The van der Waals surface area contributed by atoms with Crippen LogP contribution in [0.15, 0.2) is 70.8 Å². The Labute approximate surface area is 427 Å². The molecule has 0 fully saturated rings. The van der Waals surface area contributed by atoms with Gasteiger partial charge in [-0.1, -0.05) is 94.1 Å². The van der Waals surface area contributed by atoms with Crippen LogP contribution >= 0.6 is 35.6 Å². The number of carboxylic acids is 1. The molecule has 6 aromatic heterocycles. The number of nitrogens with one attached hydrogen (secondary N) is 2. The molecule has 0 aliphatic heterocycles. The minimum Gasteiger partial charge on any atom is -0.474 e. The molecule has 8 rings (SSSR count). The molecule has 0 saturated carbocycles. The lowest BCUT2D eigenvalue weighted by Crippen LogP contribution is -2.14. The minimum atomic E-state index is -1.20. The molecular formula is C45H50Cl3F2N17O5. The molecule has 2 aromatic carbocycles. The van der Waals surface area contributed by atoms with E-state index in [2.05, 4.69) is 75.5 Å². The van der Waals surface area contributed by atoms with Gasteiger partial charge in [0.05, 0.1) is 44.9 Å². The normalized spacial score (nSPS) is 12.1. The number of aromatic carboxylic acids is 1. The Morgan fingerprint density at radius 2 is 1.14 bits per heavy atom. The zero-order valence-corrected chi connectivity index (χ0v) is 42.8. The third kappa shape index (κ3) is 13.9. The summed E-state index contributed by atoms with van der Waals surface area (Å²) in [4.78, 5) is 55.6. The smallest absolute Gasteiger partial charge is 0.394 e. The van der Waals surface area contributed by atoms with Gasteiger partial charge in [0.15, 0.2) is 34.9 Å². The summed E-state index contributed by atoms with van der Waals surface area (Å²) in [6.07, 6.45) is 9.34. The molecule has 0 aliphatic carbocycles. The molecule has 0 bridgehead atoms. The number of nitrogens with two attached hydrogens (primary N) is 1. The number of rotatable bonds is 12. The number of carbonyl (C=O) groups is 2. The molecule has 72 heavy (non-hydrogen) atoms. The second kappa shape index (κ2) is 23.2. The molecule has 8 aromatic rings. The lowest BCUT2D eigenvalue weighted by Gasteiger charge is -2.14. The molecule has 0 radical (unpaired) electrons. The molecule has 380 valence electrons. The van der Waals surface area contributed by atoms with E-state index in [1.54, 1.807) is 80.3 Å². The number of ketones is 1. The molecule has 22 nitrogen and oxygen atoms in total. The van der Waals surface area contributed by atoms with Crippen LogP contribution < -0.4 is 16.4 Å². The zero-order valence-electron chi connectivity index (χ0n) is 40.5. The predicted molar refractivity (Wildman–Crippen MR) is 264 cm³/mol. The summed E-state index contributed by atoms with van der Waals surface area (Å²) < 4.78 is 42.7. The molecule has 0 aliphatic rings. The van der Waals surface area contributed by atoms with Crippen molar-refractivity contribution < 1.29 is 32.5 Å². The largest absolute Gasteiger partial charge is 0.474 e. The highest BCUT2D eigenvalue weighted by Gasteiger charge is 2.27. The van der Waals surface area contributed by atoms with Gasteiger partial charge in [-0.05, 0) is 36.1 Å². The second-order valence-electron chi connectivity index (χ2n) is 17.9. The number of halogens is 5. The number of benzene rings is 2. The van der Waals surface area contributed by atoms with E-state index in [4.69, 9.17) is 38.6 Å². The van der Waals surface area contributed by atoms with Crippen LogP contribution in [-0.4, -0.2) is 86.6 Å². The van der Waals surface area contributed by atoms with Gasteiger partial charge in [-0.25, -0.2) is 33.5 Å². The van der Waals surface area contributed by atoms with Gasteiger partial charge in [0.2, 0.25) is 17.7 Å². The molecule has 0 amide bonds. The van der Waals surface area contributed by atoms with Gasteiger partial charge in [-0.2, -0.15) is 30.1 Å². The van der Waals surface area contributed by atoms with Gasteiger partial charge in [-0.3, -0.25) is 14.2 Å². The van der Waals surface area contributed by atoms with Crippen LogP contribution in [0.3, 0.4) is 0 Å². The molecule has 27 heteroatoms. The van der Waals surface area contributed by atoms with Crippen molar-refractivity contribution in [3.8, 4) is 22.8 Å². The van der Waals surface area contributed by atoms with E-state index in [-0.39, 0.29) is 98.0 Å².